The van der Waals surface area contributed by atoms with Gasteiger partial charge < -0.3 is 9.64 Å². The maximum absolute atomic E-state index is 5.96. The van der Waals surface area contributed by atoms with Gasteiger partial charge in [0.1, 0.15) is 24.5 Å². The minimum Gasteiger partial charge on any atom is -0.361 e. The van der Waals surface area contributed by atoms with Crippen LogP contribution in [0.15, 0.2) is 42.7 Å². The summed E-state index contributed by atoms with van der Waals surface area (Å²) in [6, 6.07) is 13.8. The minimum absolute atomic E-state index is 0.533. The van der Waals surface area contributed by atoms with Crippen molar-refractivity contribution in [2.24, 2.45) is 0 Å². The average Bonchev–Trinajstić information content (AvgIpc) is 2.94. The van der Waals surface area contributed by atoms with Gasteiger partial charge in [0.05, 0.1) is 9.09 Å². The van der Waals surface area contributed by atoms with E-state index in [2.05, 4.69) is 99.0 Å². The van der Waals surface area contributed by atoms with Crippen molar-refractivity contribution in [2.75, 3.05) is 18.6 Å². The highest BCUT2D eigenvalue weighted by Gasteiger charge is 2.16. The normalized spacial score (nSPS) is 11.9. The number of rotatable bonds is 8. The third-order valence-electron chi connectivity index (χ3n) is 4.46. The van der Waals surface area contributed by atoms with Crippen molar-refractivity contribution >= 4 is 47.5 Å². The number of halogens is 1. The lowest BCUT2D eigenvalue weighted by Gasteiger charge is -2.19. The Labute approximate surface area is 175 Å². The monoisotopic (exact) mass is 494 g/mol. The van der Waals surface area contributed by atoms with Crippen LogP contribution in [0.1, 0.15) is 5.56 Å². The van der Waals surface area contributed by atoms with Crippen molar-refractivity contribution < 1.29 is 4.74 Å². The number of ether oxygens (including phenoxy) is 1. The molecule has 1 aromatic carbocycles. The molecular formula is C20H27IN4OSi. The van der Waals surface area contributed by atoms with Crippen LogP contribution < -0.4 is 4.90 Å². The highest BCUT2D eigenvalue weighted by molar-refractivity contribution is 14.1. The number of benzene rings is 1. The number of hydrogen-bond donors (Lipinski definition) is 0. The van der Waals surface area contributed by atoms with Gasteiger partial charge in [0.25, 0.3) is 0 Å². The summed E-state index contributed by atoms with van der Waals surface area (Å²) in [7, 11) is 0.997. The summed E-state index contributed by atoms with van der Waals surface area (Å²) in [5.74, 6) is 0.947. The van der Waals surface area contributed by atoms with Gasteiger partial charge in [-0.15, -0.1) is 0 Å². The van der Waals surface area contributed by atoms with Crippen molar-refractivity contribution in [3.05, 3.63) is 52.0 Å². The summed E-state index contributed by atoms with van der Waals surface area (Å²) in [4.78, 5) is 11.3. The van der Waals surface area contributed by atoms with Gasteiger partial charge in [-0.25, -0.2) is 9.97 Å². The van der Waals surface area contributed by atoms with E-state index in [4.69, 9.17) is 4.74 Å². The third kappa shape index (κ3) is 5.29. The molecule has 0 atom stereocenters. The summed E-state index contributed by atoms with van der Waals surface area (Å²) in [5.41, 5.74) is 2.19. The maximum Gasteiger partial charge on any atom is 0.148 e. The van der Waals surface area contributed by atoms with Crippen LogP contribution in [0.25, 0.3) is 11.0 Å². The van der Waals surface area contributed by atoms with Gasteiger partial charge in [-0.05, 0) is 40.3 Å². The van der Waals surface area contributed by atoms with Gasteiger partial charge >= 0.3 is 0 Å². The molecule has 5 nitrogen and oxygen atoms in total. The van der Waals surface area contributed by atoms with Gasteiger partial charge in [0, 0.05) is 28.3 Å². The lowest BCUT2D eigenvalue weighted by atomic mass is 10.2. The van der Waals surface area contributed by atoms with E-state index in [1.165, 1.54) is 11.6 Å². The van der Waals surface area contributed by atoms with Gasteiger partial charge in [-0.2, -0.15) is 0 Å². The average molecular weight is 494 g/mol. The zero-order valence-electron chi connectivity index (χ0n) is 16.4. The third-order valence-corrected chi connectivity index (χ3v) is 7.06. The zero-order chi connectivity index (χ0) is 19.4. The van der Waals surface area contributed by atoms with E-state index in [9.17, 15) is 0 Å². The van der Waals surface area contributed by atoms with Crippen molar-refractivity contribution in [1.82, 2.24) is 14.5 Å². The first kappa shape index (κ1) is 20.3. The van der Waals surface area contributed by atoms with Crippen LogP contribution in [0.4, 0.5) is 5.82 Å². The molecular weight excluding hydrogens is 467 g/mol. The Morgan fingerprint density at radius 3 is 2.59 bits per heavy atom. The van der Waals surface area contributed by atoms with Crippen molar-refractivity contribution in [2.45, 2.75) is 39.0 Å². The highest BCUT2D eigenvalue weighted by atomic mass is 127. The molecule has 0 spiro atoms. The van der Waals surface area contributed by atoms with E-state index in [-0.39, 0.29) is 0 Å². The predicted molar refractivity (Wildman–Crippen MR) is 123 cm³/mol. The molecule has 2 aromatic heterocycles. The molecule has 3 aromatic rings. The van der Waals surface area contributed by atoms with Crippen LogP contribution in [0, 0.1) is 3.70 Å². The molecule has 0 aliphatic carbocycles. The number of fused-ring (bicyclic) bond motifs is 1. The number of aromatic nitrogens is 3. The second-order valence-corrected chi connectivity index (χ2v) is 14.7. The van der Waals surface area contributed by atoms with Gasteiger partial charge in [0.15, 0.2) is 0 Å². The lowest BCUT2D eigenvalue weighted by Crippen LogP contribution is -2.22. The first-order chi connectivity index (χ1) is 12.8. The standard InChI is InChI=1S/C20H27IN4OSi/c1-24(13-16-8-6-5-7-9-16)19-17-12-18(21)25(20(17)23-14-22-19)15-26-10-11-27(2,3)4/h5-9,12,14H,10-11,13,15H2,1-4H3. The Morgan fingerprint density at radius 1 is 1.15 bits per heavy atom. The Balaban J connectivity index is 1.78. The van der Waals surface area contributed by atoms with Crippen LogP contribution in [-0.2, 0) is 18.0 Å². The smallest absolute Gasteiger partial charge is 0.148 e. The SMILES string of the molecule is CN(Cc1ccccc1)c1ncnc2c1cc(I)n2COCC[Si](C)(C)C. The summed E-state index contributed by atoms with van der Waals surface area (Å²) in [6.45, 7) is 9.25. The summed E-state index contributed by atoms with van der Waals surface area (Å²) < 4.78 is 9.20. The topological polar surface area (TPSA) is 43.2 Å². The lowest BCUT2D eigenvalue weighted by molar-refractivity contribution is 0.0883. The molecule has 0 radical (unpaired) electrons. The van der Waals surface area contributed by atoms with E-state index >= 15 is 0 Å². The summed E-state index contributed by atoms with van der Waals surface area (Å²) in [5, 5.41) is 1.06. The molecule has 3 rings (SSSR count). The number of nitrogens with zero attached hydrogens (tertiary/aromatic N) is 4. The molecule has 0 N–H and O–H groups in total. The summed E-state index contributed by atoms with van der Waals surface area (Å²) in [6.07, 6.45) is 1.65. The van der Waals surface area contributed by atoms with Crippen molar-refractivity contribution in [3.63, 3.8) is 0 Å². The van der Waals surface area contributed by atoms with Gasteiger partial charge in [0.2, 0.25) is 0 Å². The van der Waals surface area contributed by atoms with Crippen LogP contribution in [0.5, 0.6) is 0 Å². The molecule has 0 fully saturated rings. The Kier molecular flexibility index (Phi) is 6.54. The van der Waals surface area contributed by atoms with Gasteiger partial charge in [-0.3, -0.25) is 4.57 Å². The Hall–Kier alpha value is -1.45. The van der Waals surface area contributed by atoms with E-state index in [1.54, 1.807) is 6.33 Å². The predicted octanol–water partition coefficient (Wildman–Crippen LogP) is 4.98. The quantitative estimate of drug-likeness (QED) is 0.252. The second-order valence-electron chi connectivity index (χ2n) is 8.02. The molecule has 0 saturated heterocycles. The van der Waals surface area contributed by atoms with Crippen LogP contribution >= 0.6 is 22.6 Å². The van der Waals surface area contributed by atoms with E-state index in [1.807, 2.05) is 6.07 Å². The molecule has 0 bridgehead atoms. The Bertz CT molecular complexity index is 892. The largest absolute Gasteiger partial charge is 0.361 e. The van der Waals surface area contributed by atoms with Crippen LogP contribution in [-0.4, -0.2) is 36.3 Å². The van der Waals surface area contributed by atoms with Crippen molar-refractivity contribution in [3.8, 4) is 0 Å². The number of anilines is 1. The highest BCUT2D eigenvalue weighted by Crippen LogP contribution is 2.27. The molecule has 0 aliphatic rings. The molecule has 0 amide bonds. The molecule has 2 heterocycles. The van der Waals surface area contributed by atoms with Crippen LogP contribution in [0.2, 0.25) is 25.7 Å². The van der Waals surface area contributed by atoms with E-state index in [0.717, 1.165) is 33.7 Å². The molecule has 144 valence electrons. The van der Waals surface area contributed by atoms with Crippen molar-refractivity contribution in [1.29, 1.82) is 0 Å². The molecule has 7 heteroatoms. The first-order valence-corrected chi connectivity index (χ1v) is 14.0. The molecule has 27 heavy (non-hydrogen) atoms. The zero-order valence-corrected chi connectivity index (χ0v) is 19.6. The molecule has 0 saturated carbocycles. The second kappa shape index (κ2) is 8.70. The fraction of sp³-hybridized carbons (Fsp3) is 0.400. The van der Waals surface area contributed by atoms with Gasteiger partial charge in [-0.1, -0.05) is 50.0 Å². The van der Waals surface area contributed by atoms with Crippen LogP contribution in [0.3, 0.4) is 0 Å². The van der Waals surface area contributed by atoms with E-state index in [0.29, 0.717) is 6.73 Å². The summed E-state index contributed by atoms with van der Waals surface area (Å²) >= 11 is 2.35. The fourth-order valence-corrected chi connectivity index (χ4v) is 4.35. The number of hydrogen-bond acceptors (Lipinski definition) is 4. The molecule has 0 aliphatic heterocycles. The maximum atomic E-state index is 5.96. The Morgan fingerprint density at radius 2 is 1.89 bits per heavy atom. The minimum atomic E-state index is -1.08. The molecule has 0 unspecified atom stereocenters. The van der Waals surface area contributed by atoms with E-state index < -0.39 is 8.07 Å². The fourth-order valence-electron chi connectivity index (χ4n) is 2.91. The first-order valence-electron chi connectivity index (χ1n) is 9.18.